The van der Waals surface area contributed by atoms with Gasteiger partial charge in [0.15, 0.2) is 11.3 Å². The molecule has 0 saturated carbocycles. The third-order valence-electron chi connectivity index (χ3n) is 8.94. The van der Waals surface area contributed by atoms with Crippen LogP contribution in [0.2, 0.25) is 0 Å². The molecule has 13 nitrogen and oxygen atoms in total. The summed E-state index contributed by atoms with van der Waals surface area (Å²) >= 11 is 0. The number of hydrogen-bond donors (Lipinski definition) is 3. The second kappa shape index (κ2) is 16.0. The third-order valence-corrected chi connectivity index (χ3v) is 8.94. The molecule has 0 unspecified atom stereocenters. The van der Waals surface area contributed by atoms with E-state index in [0.717, 1.165) is 128 Å². The number of hydrogen-bond acceptors (Lipinski definition) is 10. The smallest absolute Gasteiger partial charge is 0.307 e. The number of aliphatic carboxylic acids is 1. The zero-order valence-corrected chi connectivity index (χ0v) is 28.0. The van der Waals surface area contributed by atoms with Crippen LogP contribution in [0.3, 0.4) is 0 Å². The molecule has 4 aromatic rings. The lowest BCUT2D eigenvalue weighted by Crippen LogP contribution is -2.29. The number of anilines is 2. The standard InChI is InChI=1S/C17H23N5O.C17H24N4O3/c1-3-15-13(5-8-18)16(20-12-6-9-23-10-7-12)14-11-19-22(4-2)17(14)21-15;1-3-14-12(9-15(22)23)16(19-11-5-7-24-8-6-11)13-10-18-21(4-2)17(13)20-14/h11-12H,3-7,9-10H2,1-2H3,(H,20,21);10-11H,3-9H2,1-2H3,(H,19,20)(H,22,23). The lowest BCUT2D eigenvalue weighted by Gasteiger charge is -2.26. The molecule has 6 rings (SSSR count). The summed E-state index contributed by atoms with van der Waals surface area (Å²) in [5, 5.41) is 36.6. The number of fused-ring (bicyclic) bond motifs is 2. The maximum Gasteiger partial charge on any atom is 0.307 e. The van der Waals surface area contributed by atoms with Gasteiger partial charge in [-0.15, -0.1) is 0 Å². The van der Waals surface area contributed by atoms with E-state index in [2.05, 4.69) is 40.7 Å². The molecule has 47 heavy (non-hydrogen) atoms. The Morgan fingerprint density at radius 2 is 1.28 bits per heavy atom. The quantitative estimate of drug-likeness (QED) is 0.203. The minimum Gasteiger partial charge on any atom is -0.481 e. The number of aromatic nitrogens is 6. The molecular weight excluding hydrogens is 598 g/mol. The molecule has 252 valence electrons. The van der Waals surface area contributed by atoms with Gasteiger partial charge in [0.25, 0.3) is 0 Å². The highest BCUT2D eigenvalue weighted by molar-refractivity contribution is 5.93. The lowest BCUT2D eigenvalue weighted by molar-refractivity contribution is -0.136. The highest BCUT2D eigenvalue weighted by Gasteiger charge is 2.23. The number of nitriles is 1. The van der Waals surface area contributed by atoms with Crippen LogP contribution in [0.25, 0.3) is 22.1 Å². The predicted octanol–water partition coefficient (Wildman–Crippen LogP) is 4.90. The molecule has 0 radical (unpaired) electrons. The topological polar surface area (TPSA) is 165 Å². The minimum absolute atomic E-state index is 0.0328. The number of rotatable bonds is 11. The van der Waals surface area contributed by atoms with Crippen molar-refractivity contribution in [2.75, 3.05) is 37.1 Å². The van der Waals surface area contributed by atoms with Crippen LogP contribution in [-0.4, -0.2) is 79.1 Å². The maximum absolute atomic E-state index is 11.4. The van der Waals surface area contributed by atoms with Crippen LogP contribution in [0.15, 0.2) is 12.4 Å². The van der Waals surface area contributed by atoms with Crippen molar-refractivity contribution in [2.24, 2.45) is 0 Å². The van der Waals surface area contributed by atoms with Gasteiger partial charge in [0.2, 0.25) is 0 Å². The van der Waals surface area contributed by atoms with Crippen molar-refractivity contribution >= 4 is 39.4 Å². The van der Waals surface area contributed by atoms with Gasteiger partial charge in [0.1, 0.15) is 0 Å². The Kier molecular flexibility index (Phi) is 11.6. The molecule has 3 N–H and O–H groups in total. The van der Waals surface area contributed by atoms with E-state index in [-0.39, 0.29) is 12.5 Å². The first-order valence-corrected chi connectivity index (χ1v) is 16.9. The van der Waals surface area contributed by atoms with Gasteiger partial charge in [0.05, 0.1) is 53.5 Å². The van der Waals surface area contributed by atoms with Gasteiger partial charge in [0, 0.05) is 74.1 Å². The SMILES string of the molecule is CCc1nc2c(cnn2CC)c(NC2CCOCC2)c1CC#N.CCc1nc2c(cnn2CC)c(NC2CCOCC2)c1CC(=O)O. The molecule has 2 aliphatic rings. The molecule has 0 aromatic carbocycles. The zero-order chi connectivity index (χ0) is 33.3. The van der Waals surface area contributed by atoms with Gasteiger partial charge in [-0.05, 0) is 52.4 Å². The van der Waals surface area contributed by atoms with Gasteiger partial charge in [-0.2, -0.15) is 15.5 Å². The van der Waals surface area contributed by atoms with E-state index in [1.807, 2.05) is 29.4 Å². The molecule has 2 fully saturated rings. The summed E-state index contributed by atoms with van der Waals surface area (Å²) in [5.74, 6) is -0.844. The van der Waals surface area contributed by atoms with Crippen molar-refractivity contribution in [1.29, 1.82) is 5.26 Å². The highest BCUT2D eigenvalue weighted by Crippen LogP contribution is 2.33. The summed E-state index contributed by atoms with van der Waals surface area (Å²) < 4.78 is 14.6. The fourth-order valence-electron chi connectivity index (χ4n) is 6.43. The molecule has 0 aliphatic carbocycles. The zero-order valence-electron chi connectivity index (χ0n) is 28.0. The summed E-state index contributed by atoms with van der Waals surface area (Å²) in [6.07, 6.45) is 9.30. The van der Waals surface area contributed by atoms with E-state index in [1.165, 1.54) is 0 Å². The van der Waals surface area contributed by atoms with E-state index in [0.29, 0.717) is 18.9 Å². The summed E-state index contributed by atoms with van der Waals surface area (Å²) in [6, 6.07) is 2.95. The van der Waals surface area contributed by atoms with Crippen molar-refractivity contribution in [3.05, 3.63) is 34.9 Å². The average molecular weight is 646 g/mol. The van der Waals surface area contributed by atoms with Crippen LogP contribution in [0.4, 0.5) is 11.4 Å². The Balaban J connectivity index is 0.000000185. The molecule has 13 heteroatoms. The maximum atomic E-state index is 11.4. The molecule has 0 spiro atoms. The van der Waals surface area contributed by atoms with Crippen molar-refractivity contribution in [3.63, 3.8) is 0 Å². The Morgan fingerprint density at radius 3 is 1.68 bits per heavy atom. The molecule has 2 aliphatic heterocycles. The van der Waals surface area contributed by atoms with E-state index >= 15 is 0 Å². The van der Waals surface area contributed by atoms with Crippen LogP contribution >= 0.6 is 0 Å². The molecular formula is C34H47N9O4. The molecule has 2 saturated heterocycles. The molecule has 4 aromatic heterocycles. The predicted molar refractivity (Wildman–Crippen MR) is 181 cm³/mol. The number of aryl methyl sites for hydroxylation is 4. The first-order chi connectivity index (χ1) is 22.9. The fraction of sp³-hybridized carbons (Fsp3) is 0.588. The Labute approximate surface area is 275 Å². The van der Waals surface area contributed by atoms with Crippen LogP contribution < -0.4 is 10.6 Å². The molecule has 0 bridgehead atoms. The largest absolute Gasteiger partial charge is 0.481 e. The van der Waals surface area contributed by atoms with Crippen molar-refractivity contribution < 1.29 is 19.4 Å². The number of carbonyl (C=O) groups is 1. The monoisotopic (exact) mass is 645 g/mol. The van der Waals surface area contributed by atoms with E-state index in [1.54, 1.807) is 6.20 Å². The van der Waals surface area contributed by atoms with Gasteiger partial charge in [-0.1, -0.05) is 13.8 Å². The van der Waals surface area contributed by atoms with E-state index in [9.17, 15) is 15.2 Å². The van der Waals surface area contributed by atoms with Gasteiger partial charge in [-0.25, -0.2) is 19.3 Å². The van der Waals surface area contributed by atoms with Gasteiger partial charge >= 0.3 is 5.97 Å². The Morgan fingerprint density at radius 1 is 0.830 bits per heavy atom. The number of nitrogens with one attached hydrogen (secondary N) is 2. The normalized spacial score (nSPS) is 15.7. The first kappa shape index (κ1) is 34.1. The van der Waals surface area contributed by atoms with Crippen molar-refractivity contribution in [3.8, 4) is 6.07 Å². The molecule has 6 heterocycles. The minimum atomic E-state index is -0.844. The third kappa shape index (κ3) is 7.66. The summed E-state index contributed by atoms with van der Waals surface area (Å²) in [6.45, 7) is 12.7. The molecule has 0 atom stereocenters. The summed E-state index contributed by atoms with van der Waals surface area (Å²) in [4.78, 5) is 20.9. The van der Waals surface area contributed by atoms with Crippen LogP contribution in [0.5, 0.6) is 0 Å². The summed E-state index contributed by atoms with van der Waals surface area (Å²) in [5.41, 5.74) is 7.26. The van der Waals surface area contributed by atoms with Crippen molar-refractivity contribution in [2.45, 2.75) is 104 Å². The van der Waals surface area contributed by atoms with E-state index < -0.39 is 5.97 Å². The summed E-state index contributed by atoms with van der Waals surface area (Å²) in [7, 11) is 0. The van der Waals surface area contributed by atoms with Crippen LogP contribution in [0.1, 0.15) is 75.9 Å². The number of carboxylic acids is 1. The average Bonchev–Trinajstić information content (AvgIpc) is 3.71. The van der Waals surface area contributed by atoms with Crippen LogP contribution in [-0.2, 0) is 53.0 Å². The van der Waals surface area contributed by atoms with Gasteiger partial charge in [-0.3, -0.25) is 4.79 Å². The molecule has 0 amide bonds. The number of ether oxygens (including phenoxy) is 2. The number of pyridine rings is 2. The Hall–Kier alpha value is -4.28. The second-order valence-corrected chi connectivity index (χ2v) is 11.9. The lowest BCUT2D eigenvalue weighted by atomic mass is 10.0. The van der Waals surface area contributed by atoms with Gasteiger partial charge < -0.3 is 25.2 Å². The van der Waals surface area contributed by atoms with E-state index in [4.69, 9.17) is 19.4 Å². The second-order valence-electron chi connectivity index (χ2n) is 11.9. The van der Waals surface area contributed by atoms with Crippen molar-refractivity contribution in [1.82, 2.24) is 29.5 Å². The first-order valence-electron chi connectivity index (χ1n) is 16.9. The number of carboxylic acid groups (broad SMARTS) is 1. The fourth-order valence-corrected chi connectivity index (χ4v) is 6.43. The Bertz CT molecular complexity index is 1710. The highest BCUT2D eigenvalue weighted by atomic mass is 16.5. The van der Waals surface area contributed by atoms with Crippen LogP contribution in [0, 0.1) is 11.3 Å². The number of nitrogens with zero attached hydrogens (tertiary/aromatic N) is 7.